The fourth-order valence-corrected chi connectivity index (χ4v) is 7.24. The van der Waals surface area contributed by atoms with Gasteiger partial charge in [-0.05, 0) is 154 Å². The minimum absolute atomic E-state index is 0.303. The van der Waals surface area contributed by atoms with Gasteiger partial charge in [-0.15, -0.1) is 0 Å². The normalized spacial score (nSPS) is 14.0. The van der Waals surface area contributed by atoms with Gasteiger partial charge in [0.15, 0.2) is 0 Å². The third-order valence-electron chi connectivity index (χ3n) is 8.40. The first kappa shape index (κ1) is 47.9. The summed E-state index contributed by atoms with van der Waals surface area (Å²) < 4.78 is 52.3. The first-order chi connectivity index (χ1) is 26.0. The lowest BCUT2D eigenvalue weighted by Crippen LogP contribution is -2.02. The lowest BCUT2D eigenvalue weighted by molar-refractivity contribution is 0.129. The van der Waals surface area contributed by atoms with Gasteiger partial charge in [0.25, 0.3) is 0 Å². The van der Waals surface area contributed by atoms with E-state index in [0.717, 1.165) is 51.4 Å². The summed E-state index contributed by atoms with van der Waals surface area (Å²) in [5.41, 5.74) is 8.99. The van der Waals surface area contributed by atoms with Gasteiger partial charge in [0.1, 0.15) is 24.7 Å². The van der Waals surface area contributed by atoms with Crippen LogP contribution in [0.5, 0.6) is 11.5 Å². The van der Waals surface area contributed by atoms with E-state index >= 15 is 0 Å². The van der Waals surface area contributed by atoms with Gasteiger partial charge < -0.3 is 19.3 Å². The molecule has 55 heavy (non-hydrogen) atoms. The van der Waals surface area contributed by atoms with Gasteiger partial charge in [0.05, 0.1) is 13.2 Å². The number of rotatable bonds is 26. The van der Waals surface area contributed by atoms with Crippen molar-refractivity contribution in [3.05, 3.63) is 130 Å². The van der Waals surface area contributed by atoms with E-state index in [2.05, 4.69) is 84.0 Å². The second kappa shape index (κ2) is 25.8. The Morgan fingerprint density at radius 3 is 1.27 bits per heavy atom. The van der Waals surface area contributed by atoms with Gasteiger partial charge in [0.2, 0.25) is 0 Å². The lowest BCUT2D eigenvalue weighted by Gasteiger charge is -2.18. The van der Waals surface area contributed by atoms with E-state index in [1.54, 1.807) is 48.5 Å². The third-order valence-corrected chi connectivity index (χ3v) is 10.9. The monoisotopic (exact) mass is 798 g/mol. The molecule has 0 heterocycles. The Hall–Kier alpha value is -3.26. The predicted octanol–water partition coefficient (Wildman–Crippen LogP) is 13.2. The summed E-state index contributed by atoms with van der Waals surface area (Å²) in [5, 5.41) is 0. The van der Waals surface area contributed by atoms with Crippen molar-refractivity contribution < 1.29 is 41.7 Å². The van der Waals surface area contributed by atoms with Crippen LogP contribution >= 0.6 is 15.6 Å². The number of allylic oxidation sites excluding steroid dienone is 10. The number of phosphoric ester groups is 1. The summed E-state index contributed by atoms with van der Waals surface area (Å²) in [6, 6.07) is 13.9. The highest BCUT2D eigenvalue weighted by molar-refractivity contribution is 7.61. The van der Waals surface area contributed by atoms with Gasteiger partial charge in [0, 0.05) is 0 Å². The Morgan fingerprint density at radius 2 is 0.909 bits per heavy atom. The number of hydrogen-bond donors (Lipinski definition) is 2. The highest BCUT2D eigenvalue weighted by Gasteiger charge is 2.36. The molecule has 0 aliphatic carbocycles. The fourth-order valence-electron chi connectivity index (χ4n) is 5.13. The molecular formula is C44H64O9P2. The van der Waals surface area contributed by atoms with Crippen molar-refractivity contribution >= 4 is 15.6 Å². The molecule has 0 spiro atoms. The predicted molar refractivity (Wildman–Crippen MR) is 225 cm³/mol. The zero-order valence-corrected chi connectivity index (χ0v) is 36.0. The van der Waals surface area contributed by atoms with Crippen molar-refractivity contribution in [2.45, 2.75) is 120 Å². The Kier molecular flexibility index (Phi) is 22.5. The Balaban J connectivity index is 1.90. The average Bonchev–Trinajstić information content (AvgIpc) is 3.11. The maximum atomic E-state index is 13.4. The van der Waals surface area contributed by atoms with Crippen molar-refractivity contribution in [2.24, 2.45) is 0 Å². The molecule has 0 fully saturated rings. The van der Waals surface area contributed by atoms with Crippen LogP contribution in [0.2, 0.25) is 0 Å². The standard InChI is InChI=1S/C44H64O9P2/c1-35(2)15-9-11-17-37(5)23-25-39(7)27-29-49-43-21-13-19-41(31-43)33-51-55(48,53-54(45,46)47)52-34-42-20-14-22-44(32-42)50-30-28-40(8)26-24-38(6)18-12-10-16-36(3)4/h13-22,27-28,31-32H,9-12,23-26,29-30,33-34H2,1-8H3,(H2,45,46,47)/b37-17+,38-18+,39-27+,40-28+. The van der Waals surface area contributed by atoms with Crippen LogP contribution < -0.4 is 9.47 Å². The van der Waals surface area contributed by atoms with Crippen molar-refractivity contribution in [1.82, 2.24) is 0 Å². The molecule has 2 N–H and O–H groups in total. The molecule has 0 aliphatic rings. The van der Waals surface area contributed by atoms with Crippen molar-refractivity contribution in [3.63, 3.8) is 0 Å². The molecule has 0 atom stereocenters. The molecule has 0 unspecified atom stereocenters. The van der Waals surface area contributed by atoms with Gasteiger partial charge in [-0.3, -0.25) is 9.05 Å². The molecule has 0 aromatic heterocycles. The molecule has 304 valence electrons. The number of hydrogen-bond acceptors (Lipinski definition) is 7. The Labute approximate surface area is 330 Å². The van der Waals surface area contributed by atoms with Crippen LogP contribution in [0.25, 0.3) is 0 Å². The van der Waals surface area contributed by atoms with Crippen molar-refractivity contribution in [3.8, 4) is 11.5 Å². The molecule has 0 aliphatic heterocycles. The SMILES string of the molecule is CC(C)=CCC/C=C(\C)CC/C(C)=C/COc1cccc(COP(=O)(OCc2cccc(OC/C=C(\C)CC/C(C)=C/CCC=C(C)C)c2)OP(=O)(O)O)c1. The lowest BCUT2D eigenvalue weighted by atomic mass is 10.1. The minimum atomic E-state index is -5.23. The smallest absolute Gasteiger partial charge is 0.484 e. The summed E-state index contributed by atoms with van der Waals surface area (Å²) in [6.07, 6.45) is 21.3. The van der Waals surface area contributed by atoms with E-state index in [4.69, 9.17) is 18.5 Å². The molecule has 2 aromatic rings. The average molecular weight is 799 g/mol. The van der Waals surface area contributed by atoms with E-state index in [1.165, 1.54) is 33.4 Å². The van der Waals surface area contributed by atoms with E-state index < -0.39 is 15.6 Å². The van der Waals surface area contributed by atoms with Gasteiger partial charge >= 0.3 is 15.6 Å². The second-order valence-electron chi connectivity index (χ2n) is 14.4. The molecule has 0 saturated carbocycles. The highest BCUT2D eigenvalue weighted by atomic mass is 31.3. The zero-order valence-electron chi connectivity index (χ0n) is 34.2. The van der Waals surface area contributed by atoms with E-state index in [-0.39, 0.29) is 13.2 Å². The Morgan fingerprint density at radius 1 is 0.545 bits per heavy atom. The first-order valence-electron chi connectivity index (χ1n) is 19.0. The fraction of sp³-hybridized carbons (Fsp3) is 0.455. The number of ether oxygens (including phenoxy) is 2. The van der Waals surface area contributed by atoms with Crippen LogP contribution in [-0.2, 0) is 35.7 Å². The topological polar surface area (TPSA) is 121 Å². The summed E-state index contributed by atoms with van der Waals surface area (Å²) in [4.78, 5) is 19.0. The maximum absolute atomic E-state index is 13.4. The molecular weight excluding hydrogens is 734 g/mol. The summed E-state index contributed by atoms with van der Waals surface area (Å²) in [5.74, 6) is 1.12. The zero-order chi connectivity index (χ0) is 40.7. The first-order valence-corrected chi connectivity index (χ1v) is 22.0. The number of unbranched alkanes of at least 4 members (excludes halogenated alkanes) is 2. The van der Waals surface area contributed by atoms with Crippen LogP contribution in [0.15, 0.2) is 118 Å². The minimum Gasteiger partial charge on any atom is -0.490 e. The molecule has 9 nitrogen and oxygen atoms in total. The van der Waals surface area contributed by atoms with Crippen LogP contribution in [0.4, 0.5) is 0 Å². The Bertz CT molecular complexity index is 1640. The summed E-state index contributed by atoms with van der Waals surface area (Å²) >= 11 is 0. The third kappa shape index (κ3) is 24.1. The summed E-state index contributed by atoms with van der Waals surface area (Å²) in [7, 11) is -9.94. The van der Waals surface area contributed by atoms with Gasteiger partial charge in [-0.25, -0.2) is 9.13 Å². The molecule has 2 rings (SSSR count). The molecule has 0 bridgehead atoms. The van der Waals surface area contributed by atoms with Crippen LogP contribution in [0, 0.1) is 0 Å². The highest BCUT2D eigenvalue weighted by Crippen LogP contribution is 2.62. The van der Waals surface area contributed by atoms with Crippen LogP contribution in [0.1, 0.15) is 118 Å². The van der Waals surface area contributed by atoms with Crippen LogP contribution in [-0.4, -0.2) is 23.0 Å². The number of benzene rings is 2. The van der Waals surface area contributed by atoms with Crippen molar-refractivity contribution in [1.29, 1.82) is 0 Å². The molecule has 11 heteroatoms. The summed E-state index contributed by atoms with van der Waals surface area (Å²) in [6.45, 7) is 17.1. The van der Waals surface area contributed by atoms with Crippen molar-refractivity contribution in [2.75, 3.05) is 13.2 Å². The number of phosphoric acid groups is 2. The molecule has 0 amide bonds. The van der Waals surface area contributed by atoms with E-state index in [0.29, 0.717) is 35.8 Å². The second-order valence-corrected chi connectivity index (χ2v) is 17.4. The largest absolute Gasteiger partial charge is 0.490 e. The quantitative estimate of drug-likeness (QED) is 0.0544. The molecule has 0 saturated heterocycles. The van der Waals surface area contributed by atoms with Gasteiger partial charge in [-0.1, -0.05) is 82.0 Å². The maximum Gasteiger partial charge on any atom is 0.484 e. The molecule has 0 radical (unpaired) electrons. The van der Waals surface area contributed by atoms with E-state index in [9.17, 15) is 18.9 Å². The van der Waals surface area contributed by atoms with E-state index in [1.807, 2.05) is 12.2 Å². The van der Waals surface area contributed by atoms with Gasteiger partial charge in [-0.2, -0.15) is 4.31 Å². The molecule has 2 aromatic carbocycles. The van der Waals surface area contributed by atoms with Crippen LogP contribution in [0.3, 0.4) is 0 Å².